The Bertz CT molecular complexity index is 478. The van der Waals surface area contributed by atoms with Gasteiger partial charge in [-0.2, -0.15) is 0 Å². The highest BCUT2D eigenvalue weighted by Gasteiger charge is 2.26. The van der Waals surface area contributed by atoms with E-state index in [2.05, 4.69) is 4.98 Å². The second-order valence-corrected chi connectivity index (χ2v) is 3.06. The van der Waals surface area contributed by atoms with Crippen molar-refractivity contribution in [1.29, 1.82) is 0 Å². The molecule has 9 heteroatoms. The number of nitrogens with zero attached hydrogens (tertiary/aromatic N) is 2. The first-order valence-electron chi connectivity index (χ1n) is 4.26. The van der Waals surface area contributed by atoms with Gasteiger partial charge in [0.05, 0.1) is 12.0 Å². The van der Waals surface area contributed by atoms with Crippen LogP contribution in [-0.4, -0.2) is 21.0 Å². The number of aliphatic carboxylic acids is 1. The molecule has 3 N–H and O–H groups in total. The summed E-state index contributed by atoms with van der Waals surface area (Å²) in [4.78, 5) is 23.2. The summed E-state index contributed by atoms with van der Waals surface area (Å²) in [6, 6.07) is 0. The SMILES string of the molecule is Nc1c([N+](=O)[O-])ncc(C(F)F)c1CC(=O)O. The molecular formula is C8H7F2N3O4. The number of nitrogens with two attached hydrogens (primary N) is 1. The van der Waals surface area contributed by atoms with Crippen LogP contribution in [0.4, 0.5) is 20.3 Å². The Labute approximate surface area is 93.0 Å². The third-order valence-electron chi connectivity index (χ3n) is 1.98. The predicted octanol–water partition coefficient (Wildman–Crippen LogP) is 1.14. The number of hydrogen-bond donors (Lipinski definition) is 2. The fraction of sp³-hybridized carbons (Fsp3) is 0.250. The van der Waals surface area contributed by atoms with Crippen LogP contribution in [0.15, 0.2) is 6.20 Å². The van der Waals surface area contributed by atoms with Crippen molar-refractivity contribution in [2.45, 2.75) is 12.8 Å². The summed E-state index contributed by atoms with van der Waals surface area (Å²) in [6.07, 6.45) is -3.26. The number of rotatable bonds is 4. The lowest BCUT2D eigenvalue weighted by Gasteiger charge is -2.08. The van der Waals surface area contributed by atoms with E-state index in [1.807, 2.05) is 0 Å². The van der Waals surface area contributed by atoms with Gasteiger partial charge in [0.2, 0.25) is 0 Å². The predicted molar refractivity (Wildman–Crippen MR) is 51.6 cm³/mol. The Morgan fingerprint density at radius 3 is 2.65 bits per heavy atom. The van der Waals surface area contributed by atoms with Crippen LogP contribution in [0.5, 0.6) is 0 Å². The maximum atomic E-state index is 12.5. The van der Waals surface area contributed by atoms with Crippen LogP contribution in [-0.2, 0) is 11.2 Å². The molecule has 7 nitrogen and oxygen atoms in total. The first-order valence-corrected chi connectivity index (χ1v) is 4.26. The summed E-state index contributed by atoms with van der Waals surface area (Å²) in [5.74, 6) is -2.25. The molecule has 0 fully saturated rings. The molecule has 0 aromatic carbocycles. The van der Waals surface area contributed by atoms with Crippen LogP contribution in [0.2, 0.25) is 0 Å². The van der Waals surface area contributed by atoms with Crippen LogP contribution >= 0.6 is 0 Å². The maximum Gasteiger partial charge on any atom is 0.387 e. The van der Waals surface area contributed by atoms with E-state index >= 15 is 0 Å². The number of carboxylic acid groups (broad SMARTS) is 1. The monoisotopic (exact) mass is 247 g/mol. The fourth-order valence-corrected chi connectivity index (χ4v) is 1.25. The van der Waals surface area contributed by atoms with E-state index in [1.54, 1.807) is 0 Å². The van der Waals surface area contributed by atoms with Gasteiger partial charge < -0.3 is 21.0 Å². The molecule has 0 saturated carbocycles. The largest absolute Gasteiger partial charge is 0.481 e. The Morgan fingerprint density at radius 2 is 2.24 bits per heavy atom. The molecule has 1 aromatic rings. The minimum atomic E-state index is -3.00. The number of alkyl halides is 2. The van der Waals surface area contributed by atoms with Crippen LogP contribution in [0.25, 0.3) is 0 Å². The van der Waals surface area contributed by atoms with Gasteiger partial charge >= 0.3 is 11.8 Å². The third-order valence-corrected chi connectivity index (χ3v) is 1.98. The van der Waals surface area contributed by atoms with Gasteiger partial charge in [0, 0.05) is 5.56 Å². The standard InChI is InChI=1S/C8H7F2N3O4/c9-7(10)4-2-12-8(13(16)17)6(11)3(4)1-5(14)15/h2,7H,1,11H2,(H,14,15). The van der Waals surface area contributed by atoms with Crippen molar-refractivity contribution >= 4 is 17.5 Å². The van der Waals surface area contributed by atoms with Crippen molar-refractivity contribution in [3.05, 3.63) is 27.4 Å². The maximum absolute atomic E-state index is 12.5. The van der Waals surface area contributed by atoms with Gasteiger partial charge in [0.15, 0.2) is 0 Å². The smallest absolute Gasteiger partial charge is 0.387 e. The molecule has 0 amide bonds. The van der Waals surface area contributed by atoms with Gasteiger partial charge in [-0.05, 0) is 9.91 Å². The van der Waals surface area contributed by atoms with E-state index < -0.39 is 46.4 Å². The van der Waals surface area contributed by atoms with E-state index in [0.29, 0.717) is 6.20 Å². The molecule has 17 heavy (non-hydrogen) atoms. The van der Waals surface area contributed by atoms with Crippen molar-refractivity contribution in [2.24, 2.45) is 0 Å². The van der Waals surface area contributed by atoms with Gasteiger partial charge in [-0.1, -0.05) is 0 Å². The number of nitrogen functional groups attached to an aromatic ring is 1. The Morgan fingerprint density at radius 1 is 1.65 bits per heavy atom. The molecule has 0 atom stereocenters. The molecule has 0 saturated heterocycles. The number of nitro groups is 1. The fourth-order valence-electron chi connectivity index (χ4n) is 1.25. The normalized spacial score (nSPS) is 10.5. The third kappa shape index (κ3) is 2.62. The number of carboxylic acids is 1. The molecule has 0 aliphatic carbocycles. The number of halogens is 2. The number of anilines is 1. The molecular weight excluding hydrogens is 240 g/mol. The number of pyridine rings is 1. The first kappa shape index (κ1) is 12.7. The van der Waals surface area contributed by atoms with Crippen LogP contribution in [0.1, 0.15) is 17.6 Å². The molecule has 92 valence electrons. The lowest BCUT2D eigenvalue weighted by atomic mass is 10.1. The van der Waals surface area contributed by atoms with Crippen LogP contribution in [0.3, 0.4) is 0 Å². The first-order chi connectivity index (χ1) is 7.84. The van der Waals surface area contributed by atoms with Crippen LogP contribution in [0, 0.1) is 10.1 Å². The summed E-state index contributed by atoms with van der Waals surface area (Å²) < 4.78 is 25.1. The van der Waals surface area contributed by atoms with Crippen molar-refractivity contribution in [3.63, 3.8) is 0 Å². The van der Waals surface area contributed by atoms with E-state index in [0.717, 1.165) is 0 Å². The molecule has 0 unspecified atom stereocenters. The average molecular weight is 247 g/mol. The molecule has 1 rings (SSSR count). The van der Waals surface area contributed by atoms with E-state index in [4.69, 9.17) is 10.8 Å². The molecule has 0 aliphatic rings. The Balaban J connectivity index is 3.41. The Hall–Kier alpha value is -2.32. The van der Waals surface area contributed by atoms with Crippen LogP contribution < -0.4 is 5.73 Å². The second-order valence-electron chi connectivity index (χ2n) is 3.06. The number of aromatic nitrogens is 1. The van der Waals surface area contributed by atoms with E-state index in [9.17, 15) is 23.7 Å². The summed E-state index contributed by atoms with van der Waals surface area (Å²) >= 11 is 0. The summed E-state index contributed by atoms with van der Waals surface area (Å²) in [7, 11) is 0. The number of carbonyl (C=O) groups is 1. The highest BCUT2D eigenvalue weighted by molar-refractivity contribution is 5.75. The number of hydrogen-bond acceptors (Lipinski definition) is 5. The average Bonchev–Trinajstić information content (AvgIpc) is 2.19. The van der Waals surface area contributed by atoms with Crippen molar-refractivity contribution in [2.75, 3.05) is 5.73 Å². The molecule has 0 aliphatic heterocycles. The Kier molecular flexibility index (Phi) is 3.51. The zero-order chi connectivity index (χ0) is 13.2. The molecule has 0 bridgehead atoms. The quantitative estimate of drug-likeness (QED) is 0.608. The van der Waals surface area contributed by atoms with Gasteiger partial charge in [-0.3, -0.25) is 4.79 Å². The van der Waals surface area contributed by atoms with Gasteiger partial charge in [-0.15, -0.1) is 0 Å². The molecule has 0 radical (unpaired) electrons. The van der Waals surface area contributed by atoms with Crippen molar-refractivity contribution < 1.29 is 23.6 Å². The van der Waals surface area contributed by atoms with Gasteiger partial charge in [0.25, 0.3) is 6.43 Å². The minimum absolute atomic E-state index is 0.478. The summed E-state index contributed by atoms with van der Waals surface area (Å²) in [5, 5.41) is 19.0. The van der Waals surface area contributed by atoms with E-state index in [-0.39, 0.29) is 0 Å². The minimum Gasteiger partial charge on any atom is -0.481 e. The van der Waals surface area contributed by atoms with E-state index in [1.165, 1.54) is 0 Å². The highest BCUT2D eigenvalue weighted by atomic mass is 19.3. The van der Waals surface area contributed by atoms with Gasteiger partial charge in [-0.25, -0.2) is 8.78 Å². The summed E-state index contributed by atoms with van der Waals surface area (Å²) in [5.41, 5.74) is 3.44. The lowest BCUT2D eigenvalue weighted by molar-refractivity contribution is -0.388. The molecule has 0 spiro atoms. The zero-order valence-corrected chi connectivity index (χ0v) is 8.26. The lowest BCUT2D eigenvalue weighted by Crippen LogP contribution is -2.11. The van der Waals surface area contributed by atoms with Crippen molar-refractivity contribution in [1.82, 2.24) is 4.98 Å². The second kappa shape index (κ2) is 4.68. The highest BCUT2D eigenvalue weighted by Crippen LogP contribution is 2.31. The topological polar surface area (TPSA) is 119 Å². The molecule has 1 heterocycles. The van der Waals surface area contributed by atoms with Crippen molar-refractivity contribution in [3.8, 4) is 0 Å². The zero-order valence-electron chi connectivity index (χ0n) is 8.26. The summed E-state index contributed by atoms with van der Waals surface area (Å²) in [6.45, 7) is 0. The van der Waals surface area contributed by atoms with Gasteiger partial charge in [0.1, 0.15) is 11.9 Å². The molecule has 1 aromatic heterocycles.